The first kappa shape index (κ1) is 14.8. The number of hydrogen-bond acceptors (Lipinski definition) is 3. The second-order valence-electron chi connectivity index (χ2n) is 4.70. The number of carbonyl (C=O) groups excluding carboxylic acids is 2. The van der Waals surface area contributed by atoms with Crippen LogP contribution in [0.3, 0.4) is 0 Å². The molecule has 0 aliphatic heterocycles. The number of hydrogen-bond donors (Lipinski definition) is 1. The summed E-state index contributed by atoms with van der Waals surface area (Å²) in [6, 6.07) is 15.9. The highest BCUT2D eigenvalue weighted by Gasteiger charge is 2.16. The number of ketones is 1. The zero-order valence-electron chi connectivity index (χ0n) is 12.0. The van der Waals surface area contributed by atoms with Crippen LogP contribution in [0.1, 0.15) is 24.2 Å². The van der Waals surface area contributed by atoms with Crippen molar-refractivity contribution in [2.45, 2.75) is 20.0 Å². The van der Waals surface area contributed by atoms with Gasteiger partial charge in [0.1, 0.15) is 5.75 Å². The molecule has 21 heavy (non-hydrogen) atoms. The molecule has 2 aromatic carbocycles. The normalized spacial score (nSPS) is 11.5. The van der Waals surface area contributed by atoms with Crippen molar-refractivity contribution in [3.05, 3.63) is 60.2 Å². The molecule has 0 bridgehead atoms. The van der Waals surface area contributed by atoms with E-state index in [1.807, 2.05) is 18.2 Å². The molecule has 0 saturated carbocycles. The number of benzene rings is 2. The molecule has 1 amide bonds. The highest BCUT2D eigenvalue weighted by Crippen LogP contribution is 2.18. The van der Waals surface area contributed by atoms with Crippen molar-refractivity contribution < 1.29 is 14.3 Å². The van der Waals surface area contributed by atoms with Crippen molar-refractivity contribution in [3.8, 4) is 5.75 Å². The molecule has 0 saturated heterocycles. The third kappa shape index (κ3) is 4.18. The van der Waals surface area contributed by atoms with Gasteiger partial charge in [-0.2, -0.15) is 0 Å². The van der Waals surface area contributed by atoms with Gasteiger partial charge in [-0.3, -0.25) is 9.59 Å². The summed E-state index contributed by atoms with van der Waals surface area (Å²) in [5, 5.41) is 2.67. The van der Waals surface area contributed by atoms with Gasteiger partial charge in [-0.1, -0.05) is 30.3 Å². The molecule has 4 nitrogen and oxygen atoms in total. The fourth-order valence-corrected chi connectivity index (χ4v) is 1.91. The van der Waals surface area contributed by atoms with E-state index in [1.165, 1.54) is 6.92 Å². The van der Waals surface area contributed by atoms with Crippen LogP contribution in [0.2, 0.25) is 0 Å². The second kappa shape index (κ2) is 6.70. The van der Waals surface area contributed by atoms with Gasteiger partial charge >= 0.3 is 0 Å². The van der Waals surface area contributed by atoms with Gasteiger partial charge in [-0.15, -0.1) is 0 Å². The summed E-state index contributed by atoms with van der Waals surface area (Å²) in [6.45, 7) is 3.17. The molecule has 0 aromatic heterocycles. The van der Waals surface area contributed by atoms with Crippen LogP contribution >= 0.6 is 0 Å². The second-order valence-corrected chi connectivity index (χ2v) is 4.70. The van der Waals surface area contributed by atoms with Gasteiger partial charge in [-0.05, 0) is 31.2 Å². The van der Waals surface area contributed by atoms with E-state index < -0.39 is 6.10 Å². The standard InChI is InChI=1S/C17H17NO3/c1-12(17(20)14-6-4-3-5-7-14)21-16-10-8-15(9-11-16)18-13(2)19/h3-12H,1-2H3,(H,18,19). The van der Waals surface area contributed by atoms with Gasteiger partial charge in [-0.25, -0.2) is 0 Å². The van der Waals surface area contributed by atoms with Gasteiger partial charge < -0.3 is 10.1 Å². The number of carbonyl (C=O) groups is 2. The summed E-state index contributed by atoms with van der Waals surface area (Å²) in [5.41, 5.74) is 1.32. The fraction of sp³-hybridized carbons (Fsp3) is 0.176. The SMILES string of the molecule is CC(=O)Nc1ccc(OC(C)C(=O)c2ccccc2)cc1. The van der Waals surface area contributed by atoms with Crippen molar-refractivity contribution in [3.63, 3.8) is 0 Å². The highest BCUT2D eigenvalue weighted by atomic mass is 16.5. The molecule has 108 valence electrons. The monoisotopic (exact) mass is 283 g/mol. The van der Waals surface area contributed by atoms with Crippen LogP contribution in [0.4, 0.5) is 5.69 Å². The van der Waals surface area contributed by atoms with E-state index in [4.69, 9.17) is 4.74 Å². The Morgan fingerprint density at radius 1 is 1.00 bits per heavy atom. The molecule has 0 radical (unpaired) electrons. The van der Waals surface area contributed by atoms with E-state index >= 15 is 0 Å². The van der Waals surface area contributed by atoms with E-state index in [0.29, 0.717) is 17.0 Å². The molecule has 0 aliphatic carbocycles. The quantitative estimate of drug-likeness (QED) is 0.857. The molecule has 0 fully saturated rings. The molecule has 1 N–H and O–H groups in total. The molecule has 4 heteroatoms. The van der Waals surface area contributed by atoms with E-state index in [9.17, 15) is 9.59 Å². The number of ether oxygens (including phenoxy) is 1. The van der Waals surface area contributed by atoms with Crippen LogP contribution in [0.25, 0.3) is 0 Å². The van der Waals surface area contributed by atoms with Crippen molar-refractivity contribution in [1.29, 1.82) is 0 Å². The minimum absolute atomic E-state index is 0.0680. The molecular formula is C17H17NO3. The Balaban J connectivity index is 2.01. The fourth-order valence-electron chi connectivity index (χ4n) is 1.91. The average Bonchev–Trinajstić information content (AvgIpc) is 2.49. The number of rotatable bonds is 5. The predicted molar refractivity (Wildman–Crippen MR) is 81.6 cm³/mol. The minimum atomic E-state index is -0.570. The number of nitrogens with one attached hydrogen (secondary N) is 1. The number of anilines is 1. The van der Waals surface area contributed by atoms with Crippen molar-refractivity contribution in [1.82, 2.24) is 0 Å². The van der Waals surface area contributed by atoms with E-state index in [1.54, 1.807) is 43.3 Å². The Kier molecular flexibility index (Phi) is 4.72. The molecule has 0 spiro atoms. The summed E-state index contributed by atoms with van der Waals surface area (Å²) in [4.78, 5) is 23.1. The average molecular weight is 283 g/mol. The summed E-state index contributed by atoms with van der Waals surface area (Å²) >= 11 is 0. The lowest BCUT2D eigenvalue weighted by Crippen LogP contribution is -2.23. The van der Waals surface area contributed by atoms with E-state index in [-0.39, 0.29) is 11.7 Å². The zero-order valence-corrected chi connectivity index (χ0v) is 12.0. The Hall–Kier alpha value is -2.62. The van der Waals surface area contributed by atoms with Gasteiger partial charge in [0, 0.05) is 18.2 Å². The Bertz CT molecular complexity index is 620. The van der Waals surface area contributed by atoms with Crippen LogP contribution in [-0.4, -0.2) is 17.8 Å². The van der Waals surface area contributed by atoms with Crippen LogP contribution in [0, 0.1) is 0 Å². The Morgan fingerprint density at radius 2 is 1.62 bits per heavy atom. The number of amides is 1. The lowest BCUT2D eigenvalue weighted by molar-refractivity contribution is -0.114. The molecule has 2 rings (SSSR count). The van der Waals surface area contributed by atoms with Gasteiger partial charge in [0.25, 0.3) is 0 Å². The summed E-state index contributed by atoms with van der Waals surface area (Å²) < 4.78 is 5.63. The van der Waals surface area contributed by atoms with Crippen LogP contribution in [0.5, 0.6) is 5.75 Å². The van der Waals surface area contributed by atoms with Gasteiger partial charge in [0.15, 0.2) is 6.10 Å². The minimum Gasteiger partial charge on any atom is -0.483 e. The molecule has 2 aromatic rings. The molecule has 0 heterocycles. The third-order valence-corrected chi connectivity index (χ3v) is 2.92. The Morgan fingerprint density at radius 3 is 2.19 bits per heavy atom. The number of Topliss-reactive ketones (excluding diaryl/α,β-unsaturated/α-hetero) is 1. The van der Waals surface area contributed by atoms with Crippen LogP contribution in [0.15, 0.2) is 54.6 Å². The smallest absolute Gasteiger partial charge is 0.221 e. The third-order valence-electron chi connectivity index (χ3n) is 2.92. The summed E-state index contributed by atoms with van der Waals surface area (Å²) in [5.74, 6) is 0.388. The molecule has 0 aliphatic rings. The maximum atomic E-state index is 12.2. The summed E-state index contributed by atoms with van der Waals surface area (Å²) in [7, 11) is 0. The first-order chi connectivity index (χ1) is 10.1. The predicted octanol–water partition coefficient (Wildman–Crippen LogP) is 3.30. The van der Waals surface area contributed by atoms with Crippen molar-refractivity contribution in [2.24, 2.45) is 0 Å². The largest absolute Gasteiger partial charge is 0.483 e. The Labute approximate surface area is 123 Å². The van der Waals surface area contributed by atoms with Crippen molar-refractivity contribution >= 4 is 17.4 Å². The highest BCUT2D eigenvalue weighted by molar-refractivity contribution is 5.99. The van der Waals surface area contributed by atoms with Crippen molar-refractivity contribution in [2.75, 3.05) is 5.32 Å². The van der Waals surface area contributed by atoms with E-state index in [0.717, 1.165) is 0 Å². The first-order valence-electron chi connectivity index (χ1n) is 6.70. The lowest BCUT2D eigenvalue weighted by atomic mass is 10.1. The maximum absolute atomic E-state index is 12.2. The van der Waals surface area contributed by atoms with E-state index in [2.05, 4.69) is 5.32 Å². The van der Waals surface area contributed by atoms with Crippen LogP contribution in [-0.2, 0) is 4.79 Å². The maximum Gasteiger partial charge on any atom is 0.221 e. The van der Waals surface area contributed by atoms with Gasteiger partial charge in [0.05, 0.1) is 0 Å². The first-order valence-corrected chi connectivity index (χ1v) is 6.70. The van der Waals surface area contributed by atoms with Gasteiger partial charge in [0.2, 0.25) is 11.7 Å². The van der Waals surface area contributed by atoms with Crippen LogP contribution < -0.4 is 10.1 Å². The lowest BCUT2D eigenvalue weighted by Gasteiger charge is -2.14. The molecular weight excluding hydrogens is 266 g/mol. The topological polar surface area (TPSA) is 55.4 Å². The molecule has 1 unspecified atom stereocenters. The molecule has 1 atom stereocenters. The zero-order chi connectivity index (χ0) is 15.2. The summed E-state index contributed by atoms with van der Waals surface area (Å²) in [6.07, 6.45) is -0.570.